The number of aliphatic hydroxyl groups excluding tert-OH is 2. The number of rotatable bonds is 9. The molecule has 2 atom stereocenters. The number of aliphatic hydroxyl groups is 2. The lowest BCUT2D eigenvalue weighted by Crippen LogP contribution is -2.47. The lowest BCUT2D eigenvalue weighted by atomic mass is 10.1. The molecule has 9 nitrogen and oxygen atoms in total. The molecular formula is C22H23Cl2FN4O5S. The van der Waals surface area contributed by atoms with Crippen LogP contribution in [0.15, 0.2) is 36.4 Å². The van der Waals surface area contributed by atoms with Gasteiger partial charge in [-0.3, -0.25) is 5.32 Å². The van der Waals surface area contributed by atoms with Crippen molar-refractivity contribution >= 4 is 62.0 Å². The van der Waals surface area contributed by atoms with Crippen LogP contribution in [0.25, 0.3) is 10.2 Å². The Labute approximate surface area is 214 Å². The third-order valence-corrected chi connectivity index (χ3v) is 6.64. The third kappa shape index (κ3) is 7.39. The molecular weight excluding hydrogens is 522 g/mol. The number of nitrogens with zero attached hydrogens (tertiary/aromatic N) is 2. The minimum absolute atomic E-state index is 0.0436. The van der Waals surface area contributed by atoms with Gasteiger partial charge in [0.05, 0.1) is 34.0 Å². The Morgan fingerprint density at radius 3 is 2.80 bits per heavy atom. The molecule has 1 heterocycles. The van der Waals surface area contributed by atoms with Crippen molar-refractivity contribution in [1.29, 1.82) is 0 Å². The van der Waals surface area contributed by atoms with Crippen LogP contribution >= 0.6 is 34.5 Å². The van der Waals surface area contributed by atoms with E-state index >= 15 is 0 Å². The smallest absolute Gasteiger partial charge is 0.413 e. The molecule has 3 rings (SSSR count). The van der Waals surface area contributed by atoms with Crippen LogP contribution in [-0.2, 0) is 11.3 Å². The molecule has 0 aliphatic heterocycles. The number of ether oxygens (including phenoxy) is 1. The van der Waals surface area contributed by atoms with E-state index in [1.165, 1.54) is 35.4 Å². The molecule has 3 amide bonds. The lowest BCUT2D eigenvalue weighted by molar-refractivity contribution is 0.0480. The fourth-order valence-corrected chi connectivity index (χ4v) is 4.44. The maximum absolute atomic E-state index is 13.6. The number of hydrogen-bond donors (Lipinski definition) is 4. The van der Waals surface area contributed by atoms with E-state index < -0.39 is 36.7 Å². The lowest BCUT2D eigenvalue weighted by Gasteiger charge is -2.29. The van der Waals surface area contributed by atoms with E-state index in [1.807, 2.05) is 0 Å². The summed E-state index contributed by atoms with van der Waals surface area (Å²) < 4.78 is 19.6. The largest absolute Gasteiger partial charge is 0.447 e. The van der Waals surface area contributed by atoms with Crippen molar-refractivity contribution in [2.75, 3.05) is 25.6 Å². The van der Waals surface area contributed by atoms with E-state index in [0.29, 0.717) is 21.2 Å². The Kier molecular flexibility index (Phi) is 9.47. The van der Waals surface area contributed by atoms with Gasteiger partial charge in [-0.25, -0.2) is 19.0 Å². The first kappa shape index (κ1) is 26.9. The number of anilines is 1. The zero-order valence-corrected chi connectivity index (χ0v) is 20.8. The Morgan fingerprint density at radius 1 is 1.29 bits per heavy atom. The average molecular weight is 545 g/mol. The maximum Gasteiger partial charge on any atom is 0.413 e. The monoisotopic (exact) mass is 544 g/mol. The molecule has 1 aromatic heterocycles. The van der Waals surface area contributed by atoms with Gasteiger partial charge >= 0.3 is 12.1 Å². The number of benzene rings is 2. The highest BCUT2D eigenvalue weighted by atomic mass is 35.5. The third-order valence-electron chi connectivity index (χ3n) is 5.05. The van der Waals surface area contributed by atoms with E-state index in [1.54, 1.807) is 24.3 Å². The van der Waals surface area contributed by atoms with Crippen LogP contribution in [0.1, 0.15) is 12.0 Å². The van der Waals surface area contributed by atoms with E-state index in [-0.39, 0.29) is 24.6 Å². The number of halogens is 3. The highest BCUT2D eigenvalue weighted by Gasteiger charge is 2.25. The molecule has 0 radical (unpaired) electrons. The minimum Gasteiger partial charge on any atom is -0.447 e. The van der Waals surface area contributed by atoms with E-state index in [9.17, 15) is 24.2 Å². The molecule has 0 spiro atoms. The van der Waals surface area contributed by atoms with Gasteiger partial charge in [-0.05, 0) is 36.2 Å². The number of carbonyl (C=O) groups is 2. The van der Waals surface area contributed by atoms with Crippen LogP contribution in [0, 0.1) is 5.82 Å². The second-order valence-electron chi connectivity index (χ2n) is 7.56. The first-order chi connectivity index (χ1) is 16.7. The van der Waals surface area contributed by atoms with Gasteiger partial charge in [-0.2, -0.15) is 0 Å². The molecule has 0 aliphatic rings. The van der Waals surface area contributed by atoms with Gasteiger partial charge in [0.1, 0.15) is 12.4 Å². The second-order valence-corrected chi connectivity index (χ2v) is 9.41. The molecule has 35 heavy (non-hydrogen) atoms. The summed E-state index contributed by atoms with van der Waals surface area (Å²) in [6, 6.07) is 8.03. The number of nitrogens with one attached hydrogen (secondary N) is 2. The molecule has 188 valence electrons. The molecule has 0 saturated heterocycles. The Balaban J connectivity index is 1.59. The molecule has 0 unspecified atom stereocenters. The number of thiazole rings is 1. The standard InChI is InChI=1S/C22H23Cl2FN4O5S/c1-29(21(32)26-9-12-3-2-4-16(25)19(12)24)14(8-15(31)10-30)11-34-22(33)28-20-27-17-6-5-13(23)7-18(17)35-20/h2-7,14-15,30-31H,8-11H2,1H3,(H,26,32)(H,27,28,33)/t14-,15+/m0/s1. The number of fused-ring (bicyclic) bond motifs is 1. The Bertz CT molecular complexity index is 1200. The van der Waals surface area contributed by atoms with Gasteiger partial charge in [0, 0.05) is 18.6 Å². The molecule has 2 aromatic carbocycles. The zero-order valence-electron chi connectivity index (χ0n) is 18.5. The van der Waals surface area contributed by atoms with Crippen LogP contribution in [0.5, 0.6) is 0 Å². The van der Waals surface area contributed by atoms with Crippen molar-refractivity contribution < 1.29 is 28.9 Å². The number of carbonyl (C=O) groups excluding carboxylic acids is 2. The molecule has 0 bridgehead atoms. The molecule has 0 fully saturated rings. The number of hydrogen-bond acceptors (Lipinski definition) is 7. The van der Waals surface area contributed by atoms with E-state index in [4.69, 9.17) is 27.9 Å². The number of amides is 3. The van der Waals surface area contributed by atoms with Crippen LogP contribution in [0.2, 0.25) is 10.0 Å². The number of urea groups is 1. The Hall–Kier alpha value is -2.70. The summed E-state index contributed by atoms with van der Waals surface area (Å²) in [5, 5.41) is 25.0. The summed E-state index contributed by atoms with van der Waals surface area (Å²) >= 11 is 13.1. The van der Waals surface area contributed by atoms with Crippen LogP contribution in [0.3, 0.4) is 0 Å². The summed E-state index contributed by atoms with van der Waals surface area (Å²) in [7, 11) is 1.44. The van der Waals surface area contributed by atoms with Crippen LogP contribution in [0.4, 0.5) is 19.1 Å². The van der Waals surface area contributed by atoms with Crippen molar-refractivity contribution in [3.05, 3.63) is 57.8 Å². The zero-order chi connectivity index (χ0) is 25.5. The molecule has 0 aliphatic carbocycles. The highest BCUT2D eigenvalue weighted by Crippen LogP contribution is 2.28. The van der Waals surface area contributed by atoms with Gasteiger partial charge in [0.2, 0.25) is 0 Å². The predicted molar refractivity (Wildman–Crippen MR) is 133 cm³/mol. The van der Waals surface area contributed by atoms with Crippen molar-refractivity contribution in [1.82, 2.24) is 15.2 Å². The predicted octanol–water partition coefficient (Wildman–Crippen LogP) is 4.24. The van der Waals surface area contributed by atoms with Gasteiger partial charge in [0.25, 0.3) is 0 Å². The van der Waals surface area contributed by atoms with Crippen LogP contribution < -0.4 is 10.6 Å². The number of likely N-dealkylation sites (N-methyl/N-ethyl adjacent to an activating group) is 1. The summed E-state index contributed by atoms with van der Waals surface area (Å²) in [5.41, 5.74) is 1.04. The number of aromatic nitrogens is 1. The molecule has 3 aromatic rings. The topological polar surface area (TPSA) is 124 Å². The fourth-order valence-electron chi connectivity index (χ4n) is 3.12. The summed E-state index contributed by atoms with van der Waals surface area (Å²) in [6.07, 6.45) is -2.01. The summed E-state index contributed by atoms with van der Waals surface area (Å²) in [5.74, 6) is -0.605. The first-order valence-electron chi connectivity index (χ1n) is 10.4. The SMILES string of the molecule is CN(C(=O)NCc1cccc(F)c1Cl)[C@H](COC(=O)Nc1nc2ccc(Cl)cc2s1)C[C@@H](O)CO. The van der Waals surface area contributed by atoms with Crippen molar-refractivity contribution in [2.45, 2.75) is 25.1 Å². The highest BCUT2D eigenvalue weighted by molar-refractivity contribution is 7.22. The summed E-state index contributed by atoms with van der Waals surface area (Å²) in [6.45, 7) is -0.854. The van der Waals surface area contributed by atoms with Gasteiger partial charge in [-0.1, -0.05) is 46.7 Å². The average Bonchev–Trinajstić information content (AvgIpc) is 3.22. The Morgan fingerprint density at radius 2 is 2.06 bits per heavy atom. The first-order valence-corrected chi connectivity index (χ1v) is 12.0. The molecule has 0 saturated carbocycles. The molecule has 4 N–H and O–H groups in total. The minimum atomic E-state index is -1.14. The fraction of sp³-hybridized carbons (Fsp3) is 0.318. The van der Waals surface area contributed by atoms with Crippen molar-refractivity contribution in [3.8, 4) is 0 Å². The normalized spacial score (nSPS) is 12.7. The van der Waals surface area contributed by atoms with Crippen molar-refractivity contribution in [3.63, 3.8) is 0 Å². The van der Waals surface area contributed by atoms with E-state index in [2.05, 4.69) is 15.6 Å². The van der Waals surface area contributed by atoms with Gasteiger partial charge in [-0.15, -0.1) is 0 Å². The maximum atomic E-state index is 13.6. The van der Waals surface area contributed by atoms with E-state index in [0.717, 1.165) is 4.70 Å². The quantitative estimate of drug-likeness (QED) is 0.319. The van der Waals surface area contributed by atoms with Gasteiger partial charge in [0.15, 0.2) is 5.13 Å². The van der Waals surface area contributed by atoms with Gasteiger partial charge < -0.3 is 25.2 Å². The molecule has 13 heteroatoms. The van der Waals surface area contributed by atoms with Crippen LogP contribution in [-0.4, -0.2) is 64.6 Å². The summed E-state index contributed by atoms with van der Waals surface area (Å²) in [4.78, 5) is 30.5. The van der Waals surface area contributed by atoms with Crippen molar-refractivity contribution in [2.24, 2.45) is 0 Å². The second kappa shape index (κ2) is 12.3.